The summed E-state index contributed by atoms with van der Waals surface area (Å²) in [6.07, 6.45) is 1.28. The summed E-state index contributed by atoms with van der Waals surface area (Å²) in [5.41, 5.74) is 0.803. The van der Waals surface area contributed by atoms with Crippen molar-refractivity contribution in [2.24, 2.45) is 0 Å². The number of methoxy groups -OCH3 is 1. The van der Waals surface area contributed by atoms with Crippen LogP contribution in [0.3, 0.4) is 0 Å². The van der Waals surface area contributed by atoms with Gasteiger partial charge in [0.25, 0.3) is 17.7 Å². The van der Waals surface area contributed by atoms with Gasteiger partial charge in [-0.05, 0) is 79.2 Å². The Bertz CT molecular complexity index is 1490. The van der Waals surface area contributed by atoms with E-state index in [1.54, 1.807) is 38.3 Å². The minimum absolute atomic E-state index is 0.0735. The van der Waals surface area contributed by atoms with Gasteiger partial charge in [0, 0.05) is 10.7 Å². The van der Waals surface area contributed by atoms with Crippen LogP contribution in [0, 0.1) is 0 Å². The van der Waals surface area contributed by atoms with Crippen LogP contribution in [0.4, 0.5) is 16.2 Å². The molecule has 12 heteroatoms. The number of barbiturate groups is 1. The summed E-state index contributed by atoms with van der Waals surface area (Å²) in [7, 11) is 1.54. The number of hydrogen-bond donors (Lipinski definition) is 2. The Hall–Kier alpha value is -4.54. The Balaban J connectivity index is 1.55. The second-order valence-electron chi connectivity index (χ2n) is 8.26. The van der Waals surface area contributed by atoms with Gasteiger partial charge < -0.3 is 19.5 Å². The highest BCUT2D eigenvalue weighted by Gasteiger charge is 2.36. The van der Waals surface area contributed by atoms with Crippen molar-refractivity contribution in [3.63, 3.8) is 0 Å². The molecule has 1 fully saturated rings. The molecule has 0 radical (unpaired) electrons. The van der Waals surface area contributed by atoms with Crippen molar-refractivity contribution in [2.45, 2.75) is 6.92 Å². The average Bonchev–Trinajstić information content (AvgIpc) is 2.92. The lowest BCUT2D eigenvalue weighted by atomic mass is 10.1. The lowest BCUT2D eigenvalue weighted by Gasteiger charge is -2.26. The highest BCUT2D eigenvalue weighted by molar-refractivity contribution is 6.39. The number of imide groups is 2. The van der Waals surface area contributed by atoms with Crippen LogP contribution in [0.1, 0.15) is 12.5 Å². The molecule has 40 heavy (non-hydrogen) atoms. The van der Waals surface area contributed by atoms with E-state index in [0.29, 0.717) is 22.0 Å². The zero-order chi connectivity index (χ0) is 28.8. The maximum atomic E-state index is 13.2. The van der Waals surface area contributed by atoms with E-state index < -0.39 is 23.8 Å². The summed E-state index contributed by atoms with van der Waals surface area (Å²) in [5, 5.41) is 5.34. The van der Waals surface area contributed by atoms with Gasteiger partial charge in [0.2, 0.25) is 0 Å². The van der Waals surface area contributed by atoms with Crippen molar-refractivity contribution in [1.29, 1.82) is 0 Å². The fraction of sp³-hybridized carbons (Fsp3) is 0.143. The number of nitrogens with one attached hydrogen (secondary N) is 2. The molecule has 0 atom stereocenters. The average molecular weight is 584 g/mol. The summed E-state index contributed by atoms with van der Waals surface area (Å²) >= 11 is 12.4. The molecule has 0 unspecified atom stereocenters. The third-order valence-electron chi connectivity index (χ3n) is 5.55. The number of benzene rings is 3. The predicted molar refractivity (Wildman–Crippen MR) is 150 cm³/mol. The number of urea groups is 1. The minimum atomic E-state index is -0.890. The van der Waals surface area contributed by atoms with Gasteiger partial charge in [-0.1, -0.05) is 23.2 Å². The van der Waals surface area contributed by atoms with E-state index >= 15 is 0 Å². The summed E-state index contributed by atoms with van der Waals surface area (Å²) < 4.78 is 16.4. The van der Waals surface area contributed by atoms with Crippen LogP contribution < -0.4 is 29.7 Å². The fourth-order valence-electron chi connectivity index (χ4n) is 3.73. The summed E-state index contributed by atoms with van der Waals surface area (Å²) in [6, 6.07) is 14.8. The molecule has 0 aromatic heterocycles. The zero-order valence-corrected chi connectivity index (χ0v) is 22.8. The van der Waals surface area contributed by atoms with Crippen LogP contribution >= 0.6 is 23.2 Å². The van der Waals surface area contributed by atoms with Gasteiger partial charge in [0.05, 0.1) is 24.4 Å². The topological polar surface area (TPSA) is 123 Å². The number of nitrogens with zero attached hydrogens (tertiary/aromatic N) is 1. The van der Waals surface area contributed by atoms with Crippen molar-refractivity contribution < 1.29 is 33.4 Å². The van der Waals surface area contributed by atoms with E-state index in [1.807, 2.05) is 0 Å². The second-order valence-corrected chi connectivity index (χ2v) is 9.11. The molecule has 10 nitrogen and oxygen atoms in total. The Morgan fingerprint density at radius 1 is 1.00 bits per heavy atom. The first-order valence-electron chi connectivity index (χ1n) is 11.9. The van der Waals surface area contributed by atoms with Gasteiger partial charge in [-0.15, -0.1) is 0 Å². The van der Waals surface area contributed by atoms with Crippen molar-refractivity contribution in [1.82, 2.24) is 5.32 Å². The smallest absolute Gasteiger partial charge is 0.335 e. The Labute approximate surface area is 239 Å². The molecule has 3 aromatic rings. The lowest BCUT2D eigenvalue weighted by Crippen LogP contribution is -2.54. The number of carbonyl (C=O) groups excluding carboxylic acids is 4. The van der Waals surface area contributed by atoms with Crippen molar-refractivity contribution >= 4 is 64.4 Å². The molecular formula is C28H23Cl2N3O7. The van der Waals surface area contributed by atoms with Gasteiger partial charge in [0.1, 0.15) is 11.3 Å². The first-order valence-corrected chi connectivity index (χ1v) is 12.7. The molecule has 0 spiro atoms. The number of ether oxygens (including phenoxy) is 3. The second kappa shape index (κ2) is 12.5. The Morgan fingerprint density at radius 3 is 2.35 bits per heavy atom. The third-order valence-corrected chi connectivity index (χ3v) is 6.08. The molecule has 206 valence electrons. The van der Waals surface area contributed by atoms with Crippen LogP contribution in [0.5, 0.6) is 17.2 Å². The largest absolute Gasteiger partial charge is 0.497 e. The molecule has 4 rings (SSSR count). The monoisotopic (exact) mass is 583 g/mol. The summed E-state index contributed by atoms with van der Waals surface area (Å²) in [5.74, 6) is -1.20. The van der Waals surface area contributed by atoms with E-state index in [4.69, 9.17) is 37.4 Å². The maximum absolute atomic E-state index is 13.2. The molecule has 1 aliphatic rings. The third kappa shape index (κ3) is 6.53. The van der Waals surface area contributed by atoms with Gasteiger partial charge in [0.15, 0.2) is 18.1 Å². The Morgan fingerprint density at radius 2 is 1.70 bits per heavy atom. The van der Waals surface area contributed by atoms with Gasteiger partial charge in [-0.25, -0.2) is 9.69 Å². The van der Waals surface area contributed by atoms with Crippen molar-refractivity contribution in [2.75, 3.05) is 30.5 Å². The van der Waals surface area contributed by atoms with Crippen LogP contribution in [0.15, 0.2) is 66.2 Å². The molecule has 0 aliphatic carbocycles. The standard InChI is InChI=1S/C28H23Cl2N3O7/c1-3-39-23-14-16(12-21-26(35)32-28(37)33(27(21)36)19-8-4-17(29)5-9-19)13-22(30)25(23)40-15-24(34)31-18-6-10-20(38-2)11-7-18/h4-14H,3,15H2,1-2H3,(H,31,34)(H,32,35,37)/b21-12-. The molecule has 5 amide bonds. The lowest BCUT2D eigenvalue weighted by molar-refractivity contribution is -0.122. The molecule has 2 N–H and O–H groups in total. The normalized spacial score (nSPS) is 14.2. The Kier molecular flexibility index (Phi) is 8.93. The molecule has 3 aromatic carbocycles. The first kappa shape index (κ1) is 28.5. The van der Waals surface area contributed by atoms with Crippen LogP contribution in [-0.4, -0.2) is 44.1 Å². The van der Waals surface area contributed by atoms with Crippen LogP contribution in [0.2, 0.25) is 10.0 Å². The van der Waals surface area contributed by atoms with Gasteiger partial charge >= 0.3 is 6.03 Å². The van der Waals surface area contributed by atoms with E-state index in [2.05, 4.69) is 10.6 Å². The number of amides is 5. The number of halogens is 2. The van der Waals surface area contributed by atoms with Crippen LogP contribution in [-0.2, 0) is 14.4 Å². The quantitative estimate of drug-likeness (QED) is 0.266. The van der Waals surface area contributed by atoms with Gasteiger partial charge in [-0.3, -0.25) is 19.7 Å². The highest BCUT2D eigenvalue weighted by Crippen LogP contribution is 2.37. The molecule has 0 bridgehead atoms. The SMILES string of the molecule is CCOc1cc(/C=C2/C(=O)NC(=O)N(c3ccc(Cl)cc3)C2=O)cc(Cl)c1OCC(=O)Nc1ccc(OC)cc1. The summed E-state index contributed by atoms with van der Waals surface area (Å²) in [4.78, 5) is 51.4. The molecule has 0 saturated carbocycles. The van der Waals surface area contributed by atoms with Crippen molar-refractivity contribution in [3.05, 3.63) is 81.8 Å². The van der Waals surface area contributed by atoms with E-state index in [1.165, 1.54) is 42.5 Å². The first-order chi connectivity index (χ1) is 19.2. The molecule has 1 saturated heterocycles. The van der Waals surface area contributed by atoms with E-state index in [-0.39, 0.29) is 41.0 Å². The van der Waals surface area contributed by atoms with Crippen LogP contribution in [0.25, 0.3) is 6.08 Å². The molecular weight excluding hydrogens is 561 g/mol. The number of rotatable bonds is 9. The van der Waals surface area contributed by atoms with Crippen molar-refractivity contribution in [3.8, 4) is 17.2 Å². The molecule has 1 aliphatic heterocycles. The number of carbonyl (C=O) groups is 4. The minimum Gasteiger partial charge on any atom is -0.497 e. The molecule has 1 heterocycles. The van der Waals surface area contributed by atoms with E-state index in [0.717, 1.165) is 4.90 Å². The number of anilines is 2. The summed E-state index contributed by atoms with van der Waals surface area (Å²) in [6.45, 7) is 1.61. The number of hydrogen-bond acceptors (Lipinski definition) is 7. The fourth-order valence-corrected chi connectivity index (χ4v) is 4.13. The predicted octanol–water partition coefficient (Wildman–Crippen LogP) is 5.08. The maximum Gasteiger partial charge on any atom is 0.335 e. The highest BCUT2D eigenvalue weighted by atomic mass is 35.5. The van der Waals surface area contributed by atoms with Gasteiger partial charge in [-0.2, -0.15) is 0 Å². The van der Waals surface area contributed by atoms with E-state index in [9.17, 15) is 19.2 Å². The zero-order valence-electron chi connectivity index (χ0n) is 21.3.